The summed E-state index contributed by atoms with van der Waals surface area (Å²) in [5, 5.41) is 5.17. The number of benzene rings is 2. The third kappa shape index (κ3) is 5.41. The van der Waals surface area contributed by atoms with Crippen LogP contribution in [-0.2, 0) is 12.7 Å². The summed E-state index contributed by atoms with van der Waals surface area (Å²) in [7, 11) is 0. The van der Waals surface area contributed by atoms with Gasteiger partial charge in [-0.05, 0) is 42.0 Å². The lowest BCUT2D eigenvalue weighted by molar-refractivity contribution is -0.137. The van der Waals surface area contributed by atoms with E-state index in [-0.39, 0.29) is 17.1 Å². The van der Waals surface area contributed by atoms with Crippen LogP contribution < -0.4 is 10.6 Å². The molecule has 148 valence electrons. The molecule has 2 amide bonds. The van der Waals surface area contributed by atoms with Crippen molar-refractivity contribution in [2.45, 2.75) is 12.7 Å². The van der Waals surface area contributed by atoms with Gasteiger partial charge in [-0.2, -0.15) is 13.2 Å². The van der Waals surface area contributed by atoms with Gasteiger partial charge in [0.1, 0.15) is 11.4 Å². The van der Waals surface area contributed by atoms with Gasteiger partial charge in [-0.25, -0.2) is 4.98 Å². The first-order valence-electron chi connectivity index (χ1n) is 8.61. The molecule has 8 heteroatoms. The predicted molar refractivity (Wildman–Crippen MR) is 101 cm³/mol. The maximum Gasteiger partial charge on any atom is 0.416 e. The molecule has 0 radical (unpaired) electrons. The number of nitrogens with one attached hydrogen (secondary N) is 2. The van der Waals surface area contributed by atoms with Gasteiger partial charge in [0.2, 0.25) is 0 Å². The van der Waals surface area contributed by atoms with Crippen LogP contribution in [0.4, 0.5) is 18.9 Å². The summed E-state index contributed by atoms with van der Waals surface area (Å²) in [6.45, 7) is 0.309. The van der Waals surface area contributed by atoms with Gasteiger partial charge in [0.05, 0.1) is 5.56 Å². The molecule has 0 aliphatic rings. The summed E-state index contributed by atoms with van der Waals surface area (Å²) in [6.07, 6.45) is -4.45. The quantitative estimate of drug-likeness (QED) is 0.673. The molecule has 1 heterocycles. The first-order chi connectivity index (χ1) is 13.8. The minimum absolute atomic E-state index is 0.0303. The first-order valence-corrected chi connectivity index (χ1v) is 8.61. The smallest absolute Gasteiger partial charge is 0.347 e. The molecular formula is C21H16F3N3O2. The van der Waals surface area contributed by atoms with Crippen molar-refractivity contribution in [3.8, 4) is 0 Å². The second-order valence-electron chi connectivity index (χ2n) is 6.11. The Labute approximate surface area is 164 Å². The SMILES string of the molecule is O=C(NCc1ccccc1)c1cccc(C(=O)Nc2ccc(C(F)(F)F)cc2)n1. The second kappa shape index (κ2) is 8.55. The molecule has 0 fully saturated rings. The van der Waals surface area contributed by atoms with E-state index in [0.29, 0.717) is 6.54 Å². The maximum atomic E-state index is 12.6. The largest absolute Gasteiger partial charge is 0.416 e. The molecule has 0 bridgehead atoms. The highest BCUT2D eigenvalue weighted by atomic mass is 19.4. The summed E-state index contributed by atoms with van der Waals surface area (Å²) in [5.74, 6) is -1.08. The van der Waals surface area contributed by atoms with Crippen LogP contribution in [-0.4, -0.2) is 16.8 Å². The maximum absolute atomic E-state index is 12.6. The molecular weight excluding hydrogens is 383 g/mol. The van der Waals surface area contributed by atoms with Crippen LogP contribution in [0.3, 0.4) is 0 Å². The van der Waals surface area contributed by atoms with Gasteiger partial charge in [-0.15, -0.1) is 0 Å². The number of carbonyl (C=O) groups is 2. The topological polar surface area (TPSA) is 71.1 Å². The van der Waals surface area contributed by atoms with Crippen LogP contribution in [0.2, 0.25) is 0 Å². The lowest BCUT2D eigenvalue weighted by Gasteiger charge is -2.09. The van der Waals surface area contributed by atoms with Crippen molar-refractivity contribution < 1.29 is 22.8 Å². The standard InChI is InChI=1S/C21H16F3N3O2/c22-21(23,24)15-9-11-16(12-10-15)26-20(29)18-8-4-7-17(27-18)19(28)25-13-14-5-2-1-3-6-14/h1-12H,13H2,(H,25,28)(H,26,29). The molecule has 0 saturated carbocycles. The van der Waals surface area contributed by atoms with E-state index >= 15 is 0 Å². The van der Waals surface area contributed by atoms with E-state index in [1.54, 1.807) is 0 Å². The molecule has 5 nitrogen and oxygen atoms in total. The summed E-state index contributed by atoms with van der Waals surface area (Å²) in [6, 6.07) is 17.7. The van der Waals surface area contributed by atoms with Gasteiger partial charge >= 0.3 is 6.18 Å². The molecule has 29 heavy (non-hydrogen) atoms. The van der Waals surface area contributed by atoms with Crippen LogP contribution in [0.5, 0.6) is 0 Å². The third-order valence-electron chi connectivity index (χ3n) is 3.98. The van der Waals surface area contributed by atoms with Crippen molar-refractivity contribution in [1.29, 1.82) is 0 Å². The normalized spacial score (nSPS) is 11.0. The average Bonchev–Trinajstić information content (AvgIpc) is 2.72. The number of nitrogens with zero attached hydrogens (tertiary/aromatic N) is 1. The second-order valence-corrected chi connectivity index (χ2v) is 6.11. The Morgan fingerprint density at radius 1 is 0.793 bits per heavy atom. The minimum atomic E-state index is -4.45. The number of halogens is 3. The van der Waals surface area contributed by atoms with E-state index in [1.165, 1.54) is 18.2 Å². The Morgan fingerprint density at radius 3 is 2.03 bits per heavy atom. The third-order valence-corrected chi connectivity index (χ3v) is 3.98. The van der Waals surface area contributed by atoms with Gasteiger partial charge in [-0.3, -0.25) is 9.59 Å². The average molecular weight is 399 g/mol. The number of rotatable bonds is 5. The van der Waals surface area contributed by atoms with Crippen molar-refractivity contribution in [2.24, 2.45) is 0 Å². The van der Waals surface area contributed by atoms with Gasteiger partial charge < -0.3 is 10.6 Å². The molecule has 0 unspecified atom stereocenters. The van der Waals surface area contributed by atoms with E-state index < -0.39 is 23.6 Å². The Hall–Kier alpha value is -3.68. The Bertz CT molecular complexity index is 1000. The zero-order valence-corrected chi connectivity index (χ0v) is 15.0. The molecule has 0 aliphatic carbocycles. The zero-order valence-electron chi connectivity index (χ0n) is 15.0. The van der Waals surface area contributed by atoms with Crippen molar-refractivity contribution in [2.75, 3.05) is 5.32 Å². The number of pyridine rings is 1. The summed E-state index contributed by atoms with van der Waals surface area (Å²) in [5.41, 5.74) is 0.310. The number of hydrogen-bond donors (Lipinski definition) is 2. The molecule has 3 aromatic rings. The summed E-state index contributed by atoms with van der Waals surface area (Å²) < 4.78 is 37.8. The number of aromatic nitrogens is 1. The Kier molecular flexibility index (Phi) is 5.92. The molecule has 2 N–H and O–H groups in total. The molecule has 0 atom stereocenters. The number of anilines is 1. The number of alkyl halides is 3. The van der Waals surface area contributed by atoms with E-state index in [9.17, 15) is 22.8 Å². The van der Waals surface area contributed by atoms with Gasteiger partial charge in [0, 0.05) is 12.2 Å². The van der Waals surface area contributed by atoms with E-state index in [2.05, 4.69) is 15.6 Å². The van der Waals surface area contributed by atoms with Crippen molar-refractivity contribution in [1.82, 2.24) is 10.3 Å². The summed E-state index contributed by atoms with van der Waals surface area (Å²) in [4.78, 5) is 28.6. The monoisotopic (exact) mass is 399 g/mol. The summed E-state index contributed by atoms with van der Waals surface area (Å²) >= 11 is 0. The molecule has 0 aliphatic heterocycles. The van der Waals surface area contributed by atoms with Crippen LogP contribution in [0.15, 0.2) is 72.8 Å². The van der Waals surface area contributed by atoms with Crippen molar-refractivity contribution in [3.05, 3.63) is 95.3 Å². The fraction of sp³-hybridized carbons (Fsp3) is 0.0952. The van der Waals surface area contributed by atoms with E-state index in [1.807, 2.05) is 30.3 Å². The lowest BCUT2D eigenvalue weighted by Crippen LogP contribution is -2.25. The van der Waals surface area contributed by atoms with E-state index in [4.69, 9.17) is 0 Å². The van der Waals surface area contributed by atoms with Crippen molar-refractivity contribution in [3.63, 3.8) is 0 Å². The van der Waals surface area contributed by atoms with Crippen LogP contribution in [0.1, 0.15) is 32.1 Å². The van der Waals surface area contributed by atoms with Gasteiger partial charge in [0.25, 0.3) is 11.8 Å². The fourth-order valence-electron chi connectivity index (χ4n) is 2.49. The Balaban J connectivity index is 1.65. The number of carbonyl (C=O) groups excluding carboxylic acids is 2. The minimum Gasteiger partial charge on any atom is -0.347 e. The van der Waals surface area contributed by atoms with E-state index in [0.717, 1.165) is 29.8 Å². The molecule has 0 spiro atoms. The molecule has 0 saturated heterocycles. The van der Waals surface area contributed by atoms with Crippen LogP contribution in [0, 0.1) is 0 Å². The zero-order chi connectivity index (χ0) is 20.9. The van der Waals surface area contributed by atoms with Crippen molar-refractivity contribution >= 4 is 17.5 Å². The molecule has 2 aromatic carbocycles. The van der Waals surface area contributed by atoms with Gasteiger partial charge in [0.15, 0.2) is 0 Å². The van der Waals surface area contributed by atoms with Gasteiger partial charge in [-0.1, -0.05) is 36.4 Å². The molecule has 3 rings (SSSR count). The first kappa shape index (κ1) is 20.1. The predicted octanol–water partition coefficient (Wildman–Crippen LogP) is 4.28. The highest BCUT2D eigenvalue weighted by Crippen LogP contribution is 2.29. The highest BCUT2D eigenvalue weighted by Gasteiger charge is 2.30. The highest BCUT2D eigenvalue weighted by molar-refractivity contribution is 6.03. The number of hydrogen-bond acceptors (Lipinski definition) is 3. The van der Waals surface area contributed by atoms with Crippen LogP contribution >= 0.6 is 0 Å². The number of amides is 2. The fourth-order valence-corrected chi connectivity index (χ4v) is 2.49. The van der Waals surface area contributed by atoms with Crippen LogP contribution in [0.25, 0.3) is 0 Å². The lowest BCUT2D eigenvalue weighted by atomic mass is 10.2. The molecule has 1 aromatic heterocycles. The Morgan fingerprint density at radius 2 is 1.41 bits per heavy atom.